The number of hydrogen-bond acceptors (Lipinski definition) is 3. The Morgan fingerprint density at radius 1 is 1.24 bits per heavy atom. The van der Waals surface area contributed by atoms with Gasteiger partial charge in [-0.1, -0.05) is 11.6 Å². The number of carbonyl (C=O) groups is 1. The molecular weight excluding hydrogens is 288 g/mol. The average molecular weight is 307 g/mol. The van der Waals surface area contributed by atoms with E-state index in [4.69, 9.17) is 16.9 Å². The minimum absolute atomic E-state index is 0.0750. The Kier molecular flexibility index (Phi) is 5.85. The van der Waals surface area contributed by atoms with Crippen molar-refractivity contribution in [2.24, 2.45) is 0 Å². The summed E-state index contributed by atoms with van der Waals surface area (Å²) in [6.45, 7) is 4.08. The molecule has 0 aliphatic carbocycles. The molecule has 21 heavy (non-hydrogen) atoms. The zero-order valence-electron chi connectivity index (χ0n) is 11.9. The zero-order valence-corrected chi connectivity index (χ0v) is 12.6. The number of carbonyl (C=O) groups excluding carboxylic acids is 1. The summed E-state index contributed by atoms with van der Waals surface area (Å²) < 4.78 is 0. The number of anilines is 1. The Morgan fingerprint density at radius 3 is 2.52 bits per heavy atom. The topological polar surface area (TPSA) is 59.4 Å². The van der Waals surface area contributed by atoms with Crippen molar-refractivity contribution < 1.29 is 4.79 Å². The third-order valence-corrected chi connectivity index (χ3v) is 3.77. The SMILES string of the molecule is N#CCCCN1CCN(C(=O)Nc2ccc(Cl)cc2)CC1. The van der Waals surface area contributed by atoms with Crippen LogP contribution in [0.1, 0.15) is 12.8 Å². The fourth-order valence-electron chi connectivity index (χ4n) is 2.29. The lowest BCUT2D eigenvalue weighted by atomic mass is 10.2. The maximum Gasteiger partial charge on any atom is 0.321 e. The first kappa shape index (κ1) is 15.6. The molecule has 5 nitrogen and oxygen atoms in total. The molecular formula is C15H19ClN4O. The van der Waals surface area contributed by atoms with Crippen LogP contribution in [0.2, 0.25) is 5.02 Å². The standard InChI is InChI=1S/C15H19ClN4O/c16-13-3-5-14(6-4-13)18-15(21)20-11-9-19(10-12-20)8-2-1-7-17/h3-6H,1-2,8-12H2,(H,18,21). The third-order valence-electron chi connectivity index (χ3n) is 3.52. The normalized spacial score (nSPS) is 15.5. The van der Waals surface area contributed by atoms with Gasteiger partial charge in [-0.05, 0) is 37.2 Å². The van der Waals surface area contributed by atoms with Gasteiger partial charge in [-0.25, -0.2) is 4.79 Å². The van der Waals surface area contributed by atoms with Crippen LogP contribution in [0, 0.1) is 11.3 Å². The van der Waals surface area contributed by atoms with E-state index in [0.29, 0.717) is 24.5 Å². The van der Waals surface area contributed by atoms with Gasteiger partial charge in [-0.3, -0.25) is 4.90 Å². The van der Waals surface area contributed by atoms with Gasteiger partial charge in [-0.15, -0.1) is 0 Å². The van der Waals surface area contributed by atoms with Crippen molar-refractivity contribution in [3.05, 3.63) is 29.3 Å². The fourth-order valence-corrected chi connectivity index (χ4v) is 2.42. The van der Waals surface area contributed by atoms with Crippen molar-refractivity contribution in [1.82, 2.24) is 9.80 Å². The Balaban J connectivity index is 1.75. The predicted octanol–water partition coefficient (Wildman–Crippen LogP) is 2.79. The minimum atomic E-state index is -0.0750. The summed E-state index contributed by atoms with van der Waals surface area (Å²) in [4.78, 5) is 16.2. The van der Waals surface area contributed by atoms with Crippen molar-refractivity contribution in [3.8, 4) is 6.07 Å². The second-order valence-electron chi connectivity index (χ2n) is 5.03. The van der Waals surface area contributed by atoms with E-state index in [-0.39, 0.29) is 6.03 Å². The number of urea groups is 1. The van der Waals surface area contributed by atoms with Gasteiger partial charge in [-0.2, -0.15) is 5.26 Å². The van der Waals surface area contributed by atoms with Crippen molar-refractivity contribution in [3.63, 3.8) is 0 Å². The smallest absolute Gasteiger partial charge is 0.321 e. The molecule has 112 valence electrons. The molecule has 1 saturated heterocycles. The molecule has 0 spiro atoms. The Bertz CT molecular complexity index is 503. The number of nitriles is 1. The van der Waals surface area contributed by atoms with Crippen LogP contribution in [0.5, 0.6) is 0 Å². The Morgan fingerprint density at radius 2 is 1.90 bits per heavy atom. The fraction of sp³-hybridized carbons (Fsp3) is 0.467. The minimum Gasteiger partial charge on any atom is -0.322 e. The monoisotopic (exact) mass is 306 g/mol. The van der Waals surface area contributed by atoms with Crippen LogP contribution in [0.4, 0.5) is 10.5 Å². The highest BCUT2D eigenvalue weighted by Crippen LogP contribution is 2.14. The van der Waals surface area contributed by atoms with E-state index in [0.717, 1.165) is 31.7 Å². The van der Waals surface area contributed by atoms with Crippen LogP contribution in [-0.4, -0.2) is 48.6 Å². The molecule has 2 rings (SSSR count). The number of nitrogens with one attached hydrogen (secondary N) is 1. The van der Waals surface area contributed by atoms with Crippen LogP contribution in [0.3, 0.4) is 0 Å². The van der Waals surface area contributed by atoms with Gasteiger partial charge in [0.05, 0.1) is 6.07 Å². The van der Waals surface area contributed by atoms with Gasteiger partial charge in [0.25, 0.3) is 0 Å². The van der Waals surface area contributed by atoms with Gasteiger partial charge < -0.3 is 10.2 Å². The molecule has 0 radical (unpaired) electrons. The molecule has 0 unspecified atom stereocenters. The number of hydrogen-bond donors (Lipinski definition) is 1. The zero-order chi connectivity index (χ0) is 15.1. The Labute approximate surface area is 130 Å². The maximum absolute atomic E-state index is 12.1. The first-order valence-corrected chi connectivity index (χ1v) is 7.47. The summed E-state index contributed by atoms with van der Waals surface area (Å²) in [7, 11) is 0. The highest BCUT2D eigenvalue weighted by molar-refractivity contribution is 6.30. The summed E-state index contributed by atoms with van der Waals surface area (Å²) in [6.07, 6.45) is 1.49. The van der Waals surface area contributed by atoms with E-state index in [1.807, 2.05) is 4.90 Å². The van der Waals surface area contributed by atoms with Crippen molar-refractivity contribution in [2.45, 2.75) is 12.8 Å². The average Bonchev–Trinajstić information content (AvgIpc) is 2.50. The quantitative estimate of drug-likeness (QED) is 0.870. The molecule has 0 aromatic heterocycles. The highest BCUT2D eigenvalue weighted by Gasteiger charge is 2.20. The number of nitrogens with zero attached hydrogens (tertiary/aromatic N) is 3. The summed E-state index contributed by atoms with van der Waals surface area (Å²) in [5.41, 5.74) is 0.751. The van der Waals surface area contributed by atoms with Gasteiger partial charge in [0.1, 0.15) is 0 Å². The van der Waals surface area contributed by atoms with Crippen molar-refractivity contribution >= 4 is 23.3 Å². The summed E-state index contributed by atoms with van der Waals surface area (Å²) in [6, 6.07) is 9.17. The lowest BCUT2D eigenvalue weighted by Gasteiger charge is -2.34. The van der Waals surface area contributed by atoms with Crippen LogP contribution >= 0.6 is 11.6 Å². The molecule has 1 fully saturated rings. The maximum atomic E-state index is 12.1. The third kappa shape index (κ3) is 4.92. The number of piperazine rings is 1. The second-order valence-corrected chi connectivity index (χ2v) is 5.46. The summed E-state index contributed by atoms with van der Waals surface area (Å²) >= 11 is 5.82. The summed E-state index contributed by atoms with van der Waals surface area (Å²) in [5.74, 6) is 0. The number of halogens is 1. The highest BCUT2D eigenvalue weighted by atomic mass is 35.5. The molecule has 1 aliphatic heterocycles. The van der Waals surface area contributed by atoms with E-state index >= 15 is 0 Å². The van der Waals surface area contributed by atoms with Gasteiger partial charge >= 0.3 is 6.03 Å². The van der Waals surface area contributed by atoms with Crippen LogP contribution in [0.15, 0.2) is 24.3 Å². The van der Waals surface area contributed by atoms with Gasteiger partial charge in [0.2, 0.25) is 0 Å². The van der Waals surface area contributed by atoms with Crippen molar-refractivity contribution in [1.29, 1.82) is 5.26 Å². The predicted molar refractivity (Wildman–Crippen MR) is 83.3 cm³/mol. The molecule has 1 heterocycles. The van der Waals surface area contributed by atoms with E-state index in [2.05, 4.69) is 16.3 Å². The molecule has 1 aliphatic rings. The van der Waals surface area contributed by atoms with Gasteiger partial charge in [0.15, 0.2) is 0 Å². The number of amides is 2. The molecule has 0 saturated carbocycles. The molecule has 6 heteroatoms. The van der Waals surface area contributed by atoms with Crippen LogP contribution < -0.4 is 5.32 Å². The van der Waals surface area contributed by atoms with E-state index in [1.165, 1.54) is 0 Å². The van der Waals surface area contributed by atoms with E-state index in [9.17, 15) is 4.79 Å². The second kappa shape index (κ2) is 7.87. The van der Waals surface area contributed by atoms with E-state index in [1.54, 1.807) is 24.3 Å². The molecule has 2 amide bonds. The molecule has 0 atom stereocenters. The largest absolute Gasteiger partial charge is 0.322 e. The number of benzene rings is 1. The Hall–Kier alpha value is -1.77. The number of rotatable bonds is 4. The lowest BCUT2D eigenvalue weighted by Crippen LogP contribution is -2.50. The summed E-state index contributed by atoms with van der Waals surface area (Å²) in [5, 5.41) is 12.1. The first-order chi connectivity index (χ1) is 10.2. The van der Waals surface area contributed by atoms with Gasteiger partial charge in [0, 0.05) is 43.3 Å². The number of unbranched alkanes of at least 4 members (excludes halogenated alkanes) is 1. The first-order valence-electron chi connectivity index (χ1n) is 7.10. The molecule has 0 bridgehead atoms. The molecule has 1 N–H and O–H groups in total. The molecule has 1 aromatic carbocycles. The van der Waals surface area contributed by atoms with Crippen molar-refractivity contribution in [2.75, 3.05) is 38.0 Å². The van der Waals surface area contributed by atoms with E-state index < -0.39 is 0 Å². The lowest BCUT2D eigenvalue weighted by molar-refractivity contribution is 0.147. The van der Waals surface area contributed by atoms with Crippen LogP contribution in [0.25, 0.3) is 0 Å². The molecule has 1 aromatic rings. The van der Waals surface area contributed by atoms with Crippen LogP contribution in [-0.2, 0) is 0 Å².